The summed E-state index contributed by atoms with van der Waals surface area (Å²) in [6.07, 6.45) is 9.71. The van der Waals surface area contributed by atoms with Crippen LogP contribution in [-0.4, -0.2) is 18.0 Å². The molecule has 2 saturated carbocycles. The number of rotatable bonds is 4. The Kier molecular flexibility index (Phi) is 5.56. The molecule has 2 aliphatic rings. The summed E-state index contributed by atoms with van der Waals surface area (Å²) in [4.78, 5) is 11.6. The highest BCUT2D eigenvalue weighted by molar-refractivity contribution is 5.85. The lowest BCUT2D eigenvalue weighted by Gasteiger charge is -2.24. The monoisotopic (exact) mass is 246 g/mol. The Labute approximate surface area is 104 Å². The molecule has 0 heterocycles. The van der Waals surface area contributed by atoms with Crippen molar-refractivity contribution in [2.24, 2.45) is 11.7 Å². The standard InChI is InChI=1S/C12H22N2O.ClH/c13-11(12(15)14-10-6-7-10)8-9-4-2-1-3-5-9;/h9-11H,1-8,13H2,(H,14,15);1H/t11-;/m0./s1. The number of hydrogen-bond donors (Lipinski definition) is 2. The highest BCUT2D eigenvalue weighted by Crippen LogP contribution is 2.27. The molecule has 1 amide bonds. The normalized spacial score (nSPS) is 23.3. The van der Waals surface area contributed by atoms with Gasteiger partial charge in [0.1, 0.15) is 0 Å². The van der Waals surface area contributed by atoms with Gasteiger partial charge in [0.15, 0.2) is 0 Å². The van der Waals surface area contributed by atoms with Gasteiger partial charge in [0.25, 0.3) is 0 Å². The van der Waals surface area contributed by atoms with Crippen LogP contribution in [-0.2, 0) is 4.79 Å². The van der Waals surface area contributed by atoms with E-state index in [2.05, 4.69) is 5.32 Å². The van der Waals surface area contributed by atoms with E-state index < -0.39 is 0 Å². The lowest BCUT2D eigenvalue weighted by atomic mass is 9.85. The predicted molar refractivity (Wildman–Crippen MR) is 67.6 cm³/mol. The molecule has 0 unspecified atom stereocenters. The van der Waals surface area contributed by atoms with Crippen LogP contribution < -0.4 is 11.1 Å². The Balaban J connectivity index is 0.00000128. The van der Waals surface area contributed by atoms with Crippen LogP contribution in [0.25, 0.3) is 0 Å². The molecule has 16 heavy (non-hydrogen) atoms. The van der Waals surface area contributed by atoms with Crippen molar-refractivity contribution in [3.05, 3.63) is 0 Å². The largest absolute Gasteiger partial charge is 0.352 e. The van der Waals surface area contributed by atoms with Gasteiger partial charge in [-0.15, -0.1) is 12.4 Å². The molecule has 0 aliphatic heterocycles. The highest BCUT2D eigenvalue weighted by atomic mass is 35.5. The van der Waals surface area contributed by atoms with E-state index in [0.717, 1.165) is 19.3 Å². The van der Waals surface area contributed by atoms with Crippen molar-refractivity contribution in [2.75, 3.05) is 0 Å². The van der Waals surface area contributed by atoms with Crippen LogP contribution >= 0.6 is 12.4 Å². The fourth-order valence-corrected chi connectivity index (χ4v) is 2.42. The van der Waals surface area contributed by atoms with Crippen LogP contribution in [0.1, 0.15) is 51.4 Å². The summed E-state index contributed by atoms with van der Waals surface area (Å²) in [5, 5.41) is 2.98. The van der Waals surface area contributed by atoms with Crippen LogP contribution in [0.3, 0.4) is 0 Å². The number of amides is 1. The average molecular weight is 247 g/mol. The van der Waals surface area contributed by atoms with E-state index >= 15 is 0 Å². The predicted octanol–water partition coefficient (Wildman–Crippen LogP) is 1.98. The van der Waals surface area contributed by atoms with Gasteiger partial charge in [0, 0.05) is 6.04 Å². The van der Waals surface area contributed by atoms with Crippen molar-refractivity contribution in [2.45, 2.75) is 63.5 Å². The van der Waals surface area contributed by atoms with Gasteiger partial charge in [-0.05, 0) is 25.2 Å². The van der Waals surface area contributed by atoms with Crippen LogP contribution in [0.5, 0.6) is 0 Å². The number of halogens is 1. The van der Waals surface area contributed by atoms with Crippen LogP contribution in [0.2, 0.25) is 0 Å². The van der Waals surface area contributed by atoms with Gasteiger partial charge in [-0.2, -0.15) is 0 Å². The van der Waals surface area contributed by atoms with Crippen molar-refractivity contribution in [3.8, 4) is 0 Å². The zero-order valence-electron chi connectivity index (χ0n) is 9.78. The van der Waals surface area contributed by atoms with Crippen molar-refractivity contribution < 1.29 is 4.79 Å². The molecule has 2 aliphatic carbocycles. The quantitative estimate of drug-likeness (QED) is 0.797. The van der Waals surface area contributed by atoms with Gasteiger partial charge in [-0.3, -0.25) is 4.79 Å². The van der Waals surface area contributed by atoms with Gasteiger partial charge >= 0.3 is 0 Å². The van der Waals surface area contributed by atoms with E-state index in [0.29, 0.717) is 12.0 Å². The number of hydrogen-bond acceptors (Lipinski definition) is 2. The second kappa shape index (κ2) is 6.45. The molecule has 0 bridgehead atoms. The Hall–Kier alpha value is -0.280. The molecule has 0 aromatic carbocycles. The molecule has 3 N–H and O–H groups in total. The summed E-state index contributed by atoms with van der Waals surface area (Å²) in [6.45, 7) is 0. The minimum absolute atomic E-state index is 0. The third-order valence-electron chi connectivity index (χ3n) is 3.57. The maximum absolute atomic E-state index is 11.6. The minimum atomic E-state index is -0.270. The molecular weight excluding hydrogens is 224 g/mol. The molecule has 4 heteroatoms. The second-order valence-corrected chi connectivity index (χ2v) is 5.13. The van der Waals surface area contributed by atoms with Crippen LogP contribution in [0.15, 0.2) is 0 Å². The molecule has 1 atom stereocenters. The first-order valence-electron chi connectivity index (χ1n) is 6.31. The topological polar surface area (TPSA) is 55.1 Å². The highest BCUT2D eigenvalue weighted by Gasteiger charge is 2.27. The summed E-state index contributed by atoms with van der Waals surface area (Å²) in [7, 11) is 0. The van der Waals surface area contributed by atoms with Crippen molar-refractivity contribution in [1.82, 2.24) is 5.32 Å². The number of nitrogens with two attached hydrogens (primary N) is 1. The van der Waals surface area contributed by atoms with Crippen molar-refractivity contribution in [1.29, 1.82) is 0 Å². The summed E-state index contributed by atoms with van der Waals surface area (Å²) in [5.74, 6) is 0.766. The smallest absolute Gasteiger partial charge is 0.237 e. The summed E-state index contributed by atoms with van der Waals surface area (Å²) < 4.78 is 0. The molecule has 0 aromatic heterocycles. The molecule has 2 rings (SSSR count). The second-order valence-electron chi connectivity index (χ2n) is 5.13. The fourth-order valence-electron chi connectivity index (χ4n) is 2.42. The minimum Gasteiger partial charge on any atom is -0.352 e. The molecule has 0 spiro atoms. The Morgan fingerprint density at radius 1 is 1.19 bits per heavy atom. The van der Waals surface area contributed by atoms with E-state index in [1.54, 1.807) is 0 Å². The fraction of sp³-hybridized carbons (Fsp3) is 0.917. The molecule has 3 nitrogen and oxygen atoms in total. The van der Waals surface area contributed by atoms with Gasteiger partial charge in [0.05, 0.1) is 6.04 Å². The Morgan fingerprint density at radius 2 is 1.81 bits per heavy atom. The SMILES string of the molecule is Cl.N[C@@H](CC1CCCCC1)C(=O)NC1CC1. The third-order valence-corrected chi connectivity index (χ3v) is 3.57. The molecule has 94 valence electrons. The first-order valence-corrected chi connectivity index (χ1v) is 6.31. The van der Waals surface area contributed by atoms with Gasteiger partial charge in [-0.25, -0.2) is 0 Å². The van der Waals surface area contributed by atoms with Crippen molar-refractivity contribution in [3.63, 3.8) is 0 Å². The first-order chi connectivity index (χ1) is 7.25. The van der Waals surface area contributed by atoms with E-state index in [1.807, 2.05) is 0 Å². The lowest BCUT2D eigenvalue weighted by molar-refractivity contribution is -0.122. The summed E-state index contributed by atoms with van der Waals surface area (Å²) in [5.41, 5.74) is 5.91. The maximum atomic E-state index is 11.6. The van der Waals surface area contributed by atoms with Gasteiger partial charge < -0.3 is 11.1 Å². The third kappa shape index (κ3) is 4.30. The lowest BCUT2D eigenvalue weighted by Crippen LogP contribution is -2.42. The molecule has 2 fully saturated rings. The van der Waals surface area contributed by atoms with Crippen molar-refractivity contribution >= 4 is 18.3 Å². The number of nitrogens with one attached hydrogen (secondary N) is 1. The zero-order chi connectivity index (χ0) is 10.7. The molecule has 0 saturated heterocycles. The van der Waals surface area contributed by atoms with E-state index in [-0.39, 0.29) is 24.4 Å². The van der Waals surface area contributed by atoms with Crippen LogP contribution in [0.4, 0.5) is 0 Å². The number of carbonyl (C=O) groups is 1. The Bertz CT molecular complexity index is 225. The summed E-state index contributed by atoms with van der Waals surface area (Å²) >= 11 is 0. The average Bonchev–Trinajstić information content (AvgIpc) is 3.03. The molecular formula is C12H23ClN2O. The van der Waals surface area contributed by atoms with E-state index in [9.17, 15) is 4.79 Å². The molecule has 0 aromatic rings. The van der Waals surface area contributed by atoms with Crippen LogP contribution in [0, 0.1) is 5.92 Å². The van der Waals surface area contributed by atoms with E-state index in [1.165, 1.54) is 32.1 Å². The van der Waals surface area contributed by atoms with E-state index in [4.69, 9.17) is 5.73 Å². The Morgan fingerprint density at radius 3 is 2.38 bits per heavy atom. The van der Waals surface area contributed by atoms with Gasteiger partial charge in [-0.1, -0.05) is 32.1 Å². The first kappa shape index (κ1) is 13.8. The maximum Gasteiger partial charge on any atom is 0.237 e. The molecule has 0 radical (unpaired) electrons. The van der Waals surface area contributed by atoms with Gasteiger partial charge in [0.2, 0.25) is 5.91 Å². The zero-order valence-corrected chi connectivity index (χ0v) is 10.6. The summed E-state index contributed by atoms with van der Waals surface area (Å²) in [6, 6.07) is 0.170. The number of carbonyl (C=O) groups excluding carboxylic acids is 1.